The molecule has 2 rings (SSSR count). The molecule has 2 heteroatoms. The molecule has 2 N–H and O–H groups in total. The summed E-state index contributed by atoms with van der Waals surface area (Å²) in [6.45, 7) is 2.22. The molecule has 1 aromatic carbocycles. The Morgan fingerprint density at radius 1 is 1.41 bits per heavy atom. The standard InChI is InChI=1S/C15H22FN/c1-2-12-6-5-9-15(17,10-12)11-13-7-3-4-8-14(13)16/h3-4,7-8,12H,2,5-6,9-11,17H2,1H3. The van der Waals surface area contributed by atoms with Crippen LogP contribution in [-0.2, 0) is 6.42 Å². The highest BCUT2D eigenvalue weighted by Gasteiger charge is 2.32. The average molecular weight is 235 g/mol. The van der Waals surface area contributed by atoms with Gasteiger partial charge in [-0.1, -0.05) is 44.4 Å². The maximum atomic E-state index is 13.6. The fourth-order valence-corrected chi connectivity index (χ4v) is 3.05. The summed E-state index contributed by atoms with van der Waals surface area (Å²) in [5.74, 6) is 0.608. The van der Waals surface area contributed by atoms with Crippen LogP contribution in [0, 0.1) is 11.7 Å². The van der Waals surface area contributed by atoms with E-state index in [2.05, 4.69) is 6.92 Å². The molecule has 0 bridgehead atoms. The molecule has 0 radical (unpaired) electrons. The molecule has 1 aromatic rings. The van der Waals surface area contributed by atoms with Gasteiger partial charge in [0.1, 0.15) is 5.82 Å². The van der Waals surface area contributed by atoms with Crippen molar-refractivity contribution in [2.75, 3.05) is 0 Å². The second kappa shape index (κ2) is 5.18. The SMILES string of the molecule is CCC1CCCC(N)(Cc2ccccc2F)C1. The Morgan fingerprint density at radius 2 is 2.18 bits per heavy atom. The van der Waals surface area contributed by atoms with Gasteiger partial charge in [0.2, 0.25) is 0 Å². The van der Waals surface area contributed by atoms with Gasteiger partial charge in [-0.2, -0.15) is 0 Å². The fraction of sp³-hybridized carbons (Fsp3) is 0.600. The van der Waals surface area contributed by atoms with Gasteiger partial charge in [0.15, 0.2) is 0 Å². The van der Waals surface area contributed by atoms with Gasteiger partial charge in [-0.15, -0.1) is 0 Å². The average Bonchev–Trinajstić information content (AvgIpc) is 2.32. The van der Waals surface area contributed by atoms with Crippen LogP contribution in [0.15, 0.2) is 24.3 Å². The summed E-state index contributed by atoms with van der Waals surface area (Å²) >= 11 is 0. The molecule has 1 saturated carbocycles. The van der Waals surface area contributed by atoms with Gasteiger partial charge < -0.3 is 5.73 Å². The number of hydrogen-bond donors (Lipinski definition) is 1. The van der Waals surface area contributed by atoms with Gasteiger partial charge in [0.25, 0.3) is 0 Å². The number of rotatable bonds is 3. The summed E-state index contributed by atoms with van der Waals surface area (Å²) in [6, 6.07) is 7.01. The summed E-state index contributed by atoms with van der Waals surface area (Å²) < 4.78 is 13.6. The minimum atomic E-state index is -0.193. The van der Waals surface area contributed by atoms with Gasteiger partial charge >= 0.3 is 0 Å². The molecule has 0 spiro atoms. The van der Waals surface area contributed by atoms with Crippen molar-refractivity contribution in [3.63, 3.8) is 0 Å². The van der Waals surface area contributed by atoms with Crippen LogP contribution >= 0.6 is 0 Å². The molecule has 2 atom stereocenters. The molecule has 2 unspecified atom stereocenters. The lowest BCUT2D eigenvalue weighted by atomic mass is 9.72. The predicted octanol–water partition coefficient (Wildman–Crippen LogP) is 3.67. The Labute approximate surface area is 103 Å². The highest BCUT2D eigenvalue weighted by molar-refractivity contribution is 5.20. The third-order valence-corrected chi connectivity index (χ3v) is 4.06. The van der Waals surface area contributed by atoms with Crippen molar-refractivity contribution in [3.8, 4) is 0 Å². The van der Waals surface area contributed by atoms with Crippen molar-refractivity contribution in [2.45, 2.75) is 51.0 Å². The van der Waals surface area contributed by atoms with Crippen molar-refractivity contribution in [2.24, 2.45) is 11.7 Å². The third kappa shape index (κ3) is 3.06. The first-order valence-corrected chi connectivity index (χ1v) is 6.65. The van der Waals surface area contributed by atoms with Crippen LogP contribution in [0.5, 0.6) is 0 Å². The lowest BCUT2D eigenvalue weighted by molar-refractivity contribution is 0.217. The van der Waals surface area contributed by atoms with Crippen LogP contribution in [0.1, 0.15) is 44.6 Å². The molecule has 0 aromatic heterocycles. The van der Waals surface area contributed by atoms with Crippen LogP contribution in [0.4, 0.5) is 4.39 Å². The number of hydrogen-bond acceptors (Lipinski definition) is 1. The van der Waals surface area contributed by atoms with E-state index in [1.54, 1.807) is 6.07 Å². The zero-order valence-corrected chi connectivity index (χ0v) is 10.6. The van der Waals surface area contributed by atoms with Crippen LogP contribution < -0.4 is 5.73 Å². The van der Waals surface area contributed by atoms with Crippen molar-refractivity contribution >= 4 is 0 Å². The van der Waals surface area contributed by atoms with Gasteiger partial charge in [-0.05, 0) is 36.8 Å². The molecule has 0 saturated heterocycles. The molecule has 1 fully saturated rings. The lowest BCUT2D eigenvalue weighted by Crippen LogP contribution is -2.46. The maximum absolute atomic E-state index is 13.6. The normalized spacial score (nSPS) is 29.2. The van der Waals surface area contributed by atoms with Crippen molar-refractivity contribution in [3.05, 3.63) is 35.6 Å². The van der Waals surface area contributed by atoms with Crippen LogP contribution in [0.25, 0.3) is 0 Å². The van der Waals surface area contributed by atoms with E-state index in [0.29, 0.717) is 6.42 Å². The van der Waals surface area contributed by atoms with Gasteiger partial charge in [-0.25, -0.2) is 4.39 Å². The van der Waals surface area contributed by atoms with E-state index in [9.17, 15) is 4.39 Å². The monoisotopic (exact) mass is 235 g/mol. The van der Waals surface area contributed by atoms with E-state index in [-0.39, 0.29) is 11.4 Å². The van der Waals surface area contributed by atoms with Gasteiger partial charge in [0, 0.05) is 5.54 Å². The highest BCUT2D eigenvalue weighted by atomic mass is 19.1. The smallest absolute Gasteiger partial charge is 0.126 e. The zero-order valence-electron chi connectivity index (χ0n) is 10.6. The topological polar surface area (TPSA) is 26.0 Å². The zero-order chi connectivity index (χ0) is 12.3. The fourth-order valence-electron chi connectivity index (χ4n) is 3.05. The second-order valence-corrected chi connectivity index (χ2v) is 5.50. The Balaban J connectivity index is 2.09. The molecule has 0 amide bonds. The first-order chi connectivity index (χ1) is 8.13. The molecule has 0 heterocycles. The molecule has 1 nitrogen and oxygen atoms in total. The van der Waals surface area contributed by atoms with Crippen molar-refractivity contribution in [1.29, 1.82) is 0 Å². The number of halogens is 1. The first kappa shape index (κ1) is 12.6. The quantitative estimate of drug-likeness (QED) is 0.850. The summed E-state index contributed by atoms with van der Waals surface area (Å²) in [6.07, 6.45) is 6.40. The minimum Gasteiger partial charge on any atom is -0.325 e. The predicted molar refractivity (Wildman–Crippen MR) is 69.3 cm³/mol. The third-order valence-electron chi connectivity index (χ3n) is 4.06. The maximum Gasteiger partial charge on any atom is 0.126 e. The summed E-state index contributed by atoms with van der Waals surface area (Å²) in [5.41, 5.74) is 7.04. The summed E-state index contributed by atoms with van der Waals surface area (Å²) in [4.78, 5) is 0. The van der Waals surface area contributed by atoms with Gasteiger partial charge in [0.05, 0.1) is 0 Å². The summed E-state index contributed by atoms with van der Waals surface area (Å²) in [7, 11) is 0. The first-order valence-electron chi connectivity index (χ1n) is 6.65. The number of nitrogens with two attached hydrogens (primary N) is 1. The van der Waals surface area contributed by atoms with E-state index >= 15 is 0 Å². The molecule has 94 valence electrons. The van der Waals surface area contributed by atoms with E-state index in [0.717, 1.165) is 24.3 Å². The van der Waals surface area contributed by atoms with E-state index in [1.807, 2.05) is 12.1 Å². The minimum absolute atomic E-state index is 0.115. The number of benzene rings is 1. The molecule has 17 heavy (non-hydrogen) atoms. The van der Waals surface area contributed by atoms with Crippen LogP contribution in [0.2, 0.25) is 0 Å². The highest BCUT2D eigenvalue weighted by Crippen LogP contribution is 2.35. The molecule has 0 aliphatic heterocycles. The summed E-state index contributed by atoms with van der Waals surface area (Å²) in [5, 5.41) is 0. The Bertz CT molecular complexity index is 377. The lowest BCUT2D eigenvalue weighted by Gasteiger charge is -2.38. The Kier molecular flexibility index (Phi) is 3.82. The Morgan fingerprint density at radius 3 is 2.88 bits per heavy atom. The van der Waals surface area contributed by atoms with E-state index in [4.69, 9.17) is 5.73 Å². The van der Waals surface area contributed by atoms with Crippen molar-refractivity contribution in [1.82, 2.24) is 0 Å². The van der Waals surface area contributed by atoms with Crippen molar-refractivity contribution < 1.29 is 4.39 Å². The Hall–Kier alpha value is -0.890. The van der Waals surface area contributed by atoms with E-state index < -0.39 is 0 Å². The molecule has 1 aliphatic rings. The van der Waals surface area contributed by atoms with Gasteiger partial charge in [-0.3, -0.25) is 0 Å². The molecular weight excluding hydrogens is 213 g/mol. The second-order valence-electron chi connectivity index (χ2n) is 5.50. The van der Waals surface area contributed by atoms with E-state index in [1.165, 1.54) is 25.3 Å². The molecule has 1 aliphatic carbocycles. The van der Waals surface area contributed by atoms with Crippen LogP contribution in [0.3, 0.4) is 0 Å². The van der Waals surface area contributed by atoms with Crippen LogP contribution in [-0.4, -0.2) is 5.54 Å². The largest absolute Gasteiger partial charge is 0.325 e. The molecular formula is C15H22FN.